The second-order valence-electron chi connectivity index (χ2n) is 6.64. The fourth-order valence-corrected chi connectivity index (χ4v) is 3.22. The fourth-order valence-electron chi connectivity index (χ4n) is 3.10. The summed E-state index contributed by atoms with van der Waals surface area (Å²) < 4.78 is 5.24. The lowest BCUT2D eigenvalue weighted by molar-refractivity contribution is -0.718. The number of halogens is 1. The van der Waals surface area contributed by atoms with Gasteiger partial charge in [-0.2, -0.15) is 0 Å². The van der Waals surface area contributed by atoms with Crippen LogP contribution in [0.5, 0.6) is 5.75 Å². The number of amides is 1. The molecule has 0 saturated carbocycles. The van der Waals surface area contributed by atoms with E-state index in [0.717, 1.165) is 11.1 Å². The summed E-state index contributed by atoms with van der Waals surface area (Å²) in [5.74, 6) is 0.618. The largest absolute Gasteiger partial charge is 0.497 e. The highest BCUT2D eigenvalue weighted by Crippen LogP contribution is 2.20. The van der Waals surface area contributed by atoms with Crippen LogP contribution in [0.1, 0.15) is 30.1 Å². The highest BCUT2D eigenvalue weighted by Gasteiger charge is 2.27. The number of hydrogen-bond acceptors (Lipinski definition) is 2. The molecule has 4 nitrogen and oxygen atoms in total. The van der Waals surface area contributed by atoms with Crippen LogP contribution in [0.4, 0.5) is 5.69 Å². The molecule has 0 aliphatic rings. The molecule has 3 aromatic carbocycles. The lowest BCUT2D eigenvalue weighted by atomic mass is 10.0. The molecule has 0 aromatic heterocycles. The quantitative estimate of drug-likeness (QED) is 0.624. The molecule has 3 aromatic rings. The molecule has 0 fully saturated rings. The van der Waals surface area contributed by atoms with E-state index in [1.807, 2.05) is 78.9 Å². The van der Waals surface area contributed by atoms with Crippen molar-refractivity contribution in [1.29, 1.82) is 0 Å². The third-order valence-electron chi connectivity index (χ3n) is 4.66. The van der Waals surface area contributed by atoms with Crippen LogP contribution in [0.3, 0.4) is 0 Å². The third kappa shape index (κ3) is 5.12. The monoisotopic (exact) mass is 395 g/mol. The van der Waals surface area contributed by atoms with Gasteiger partial charge < -0.3 is 15.4 Å². The highest BCUT2D eigenvalue weighted by molar-refractivity contribution is 6.30. The average Bonchev–Trinajstić information content (AvgIpc) is 2.73. The Morgan fingerprint density at radius 3 is 2.36 bits per heavy atom. The number of nitrogens with two attached hydrogens (primary N) is 1. The lowest BCUT2D eigenvalue weighted by Gasteiger charge is -2.20. The van der Waals surface area contributed by atoms with Gasteiger partial charge in [-0.15, -0.1) is 0 Å². The van der Waals surface area contributed by atoms with Crippen LogP contribution in [-0.2, 0) is 4.79 Å². The molecule has 0 heterocycles. The average molecular weight is 396 g/mol. The minimum atomic E-state index is -0.391. The number of anilines is 1. The predicted molar refractivity (Wildman–Crippen MR) is 113 cm³/mol. The second-order valence-corrected chi connectivity index (χ2v) is 7.08. The minimum absolute atomic E-state index is 0.0820. The van der Waals surface area contributed by atoms with Crippen molar-refractivity contribution in [2.75, 3.05) is 12.4 Å². The molecule has 5 heteroatoms. The number of methoxy groups -OCH3 is 1. The van der Waals surface area contributed by atoms with Gasteiger partial charge in [0.15, 0.2) is 6.04 Å². The van der Waals surface area contributed by atoms with Crippen LogP contribution < -0.4 is 15.4 Å². The number of benzene rings is 3. The molecule has 0 saturated heterocycles. The first kappa shape index (κ1) is 19.9. The van der Waals surface area contributed by atoms with E-state index >= 15 is 0 Å². The minimum Gasteiger partial charge on any atom is -0.497 e. The third-order valence-corrected chi connectivity index (χ3v) is 4.91. The van der Waals surface area contributed by atoms with Gasteiger partial charge in [0.25, 0.3) is 5.91 Å². The van der Waals surface area contributed by atoms with Gasteiger partial charge in [-0.25, -0.2) is 0 Å². The number of carbonyl (C=O) groups is 1. The van der Waals surface area contributed by atoms with Gasteiger partial charge in [-0.1, -0.05) is 60.1 Å². The fraction of sp³-hybridized carbons (Fsp3) is 0.174. The smallest absolute Gasteiger partial charge is 0.287 e. The lowest BCUT2D eigenvalue weighted by Crippen LogP contribution is -2.87. The first-order chi connectivity index (χ1) is 13.6. The topological polar surface area (TPSA) is 54.9 Å². The highest BCUT2D eigenvalue weighted by atomic mass is 35.5. The molecule has 3 N–H and O–H groups in total. The molecule has 0 bridgehead atoms. The van der Waals surface area contributed by atoms with Crippen LogP contribution in [-0.4, -0.2) is 13.0 Å². The number of ether oxygens (including phenoxy) is 1. The number of hydrogen-bond donors (Lipinski definition) is 2. The molecule has 0 aliphatic heterocycles. The summed E-state index contributed by atoms with van der Waals surface area (Å²) >= 11 is 6.00. The van der Waals surface area contributed by atoms with Crippen LogP contribution in [0.15, 0.2) is 78.9 Å². The van der Waals surface area contributed by atoms with Gasteiger partial charge in [0.05, 0.1) is 7.11 Å². The van der Waals surface area contributed by atoms with Gasteiger partial charge in [-0.3, -0.25) is 4.79 Å². The number of quaternary nitrogens is 1. The summed E-state index contributed by atoms with van der Waals surface area (Å²) in [7, 11) is 1.61. The van der Waals surface area contributed by atoms with Gasteiger partial charge in [0, 0.05) is 27.9 Å². The number of nitrogens with one attached hydrogen (secondary N) is 1. The maximum Gasteiger partial charge on any atom is 0.287 e. The molecular formula is C23H24ClN2O2+. The summed E-state index contributed by atoms with van der Waals surface area (Å²) in [6, 6.07) is 24.6. The summed E-state index contributed by atoms with van der Waals surface area (Å²) in [4.78, 5) is 13.1. The predicted octanol–water partition coefficient (Wildman–Crippen LogP) is 4.35. The van der Waals surface area contributed by atoms with Gasteiger partial charge in [0.2, 0.25) is 0 Å². The molecule has 0 unspecified atom stereocenters. The molecule has 0 aliphatic carbocycles. The Morgan fingerprint density at radius 1 is 0.964 bits per heavy atom. The van der Waals surface area contributed by atoms with Crippen molar-refractivity contribution in [1.82, 2.24) is 0 Å². The van der Waals surface area contributed by atoms with E-state index in [4.69, 9.17) is 16.3 Å². The molecular weight excluding hydrogens is 372 g/mol. The number of rotatable bonds is 7. The van der Waals surface area contributed by atoms with Crippen LogP contribution in [0, 0.1) is 0 Å². The van der Waals surface area contributed by atoms with Crippen LogP contribution in [0.25, 0.3) is 0 Å². The molecule has 28 heavy (non-hydrogen) atoms. The standard InChI is InChI=1S/C23H23ClN2O2/c1-16(17-11-13-19(24)14-12-17)25-22(18-7-4-3-5-8-18)23(27)26-20-9-6-10-21(15-20)28-2/h3-16,22,25H,1-2H3,(H,26,27)/p+1/t16-,22-/m0/s1. The van der Waals surface area contributed by atoms with Crippen molar-refractivity contribution in [2.24, 2.45) is 0 Å². The van der Waals surface area contributed by atoms with Crippen LogP contribution >= 0.6 is 11.6 Å². The van der Waals surface area contributed by atoms with E-state index in [1.165, 1.54) is 0 Å². The van der Waals surface area contributed by atoms with E-state index in [-0.39, 0.29) is 11.9 Å². The Labute approximate surface area is 170 Å². The Morgan fingerprint density at radius 2 is 1.68 bits per heavy atom. The summed E-state index contributed by atoms with van der Waals surface area (Å²) in [5, 5.41) is 5.77. The number of carbonyl (C=O) groups excluding carboxylic acids is 1. The zero-order chi connectivity index (χ0) is 19.9. The van der Waals surface area contributed by atoms with Crippen molar-refractivity contribution in [3.05, 3.63) is 95.0 Å². The summed E-state index contributed by atoms with van der Waals surface area (Å²) in [5.41, 5.74) is 2.76. The van der Waals surface area contributed by atoms with Crippen molar-refractivity contribution in [2.45, 2.75) is 19.0 Å². The molecule has 2 atom stereocenters. The van der Waals surface area contributed by atoms with Gasteiger partial charge in [0.1, 0.15) is 11.8 Å². The summed E-state index contributed by atoms with van der Waals surface area (Å²) in [6.45, 7) is 2.08. The Balaban J connectivity index is 1.82. The van der Waals surface area contributed by atoms with Crippen molar-refractivity contribution < 1.29 is 14.8 Å². The zero-order valence-electron chi connectivity index (χ0n) is 15.9. The van der Waals surface area contributed by atoms with E-state index in [2.05, 4.69) is 17.6 Å². The van der Waals surface area contributed by atoms with Gasteiger partial charge >= 0.3 is 0 Å². The molecule has 1 amide bonds. The maximum absolute atomic E-state index is 13.1. The Kier molecular flexibility index (Phi) is 6.69. The molecule has 144 valence electrons. The second kappa shape index (κ2) is 9.40. The molecule has 0 spiro atoms. The van der Waals surface area contributed by atoms with E-state index in [1.54, 1.807) is 7.11 Å². The Hall–Kier alpha value is -2.82. The molecule has 3 rings (SSSR count). The van der Waals surface area contributed by atoms with Gasteiger partial charge in [-0.05, 0) is 31.2 Å². The zero-order valence-corrected chi connectivity index (χ0v) is 16.7. The first-order valence-electron chi connectivity index (χ1n) is 9.17. The first-order valence-corrected chi connectivity index (χ1v) is 9.55. The van der Waals surface area contributed by atoms with E-state index in [9.17, 15) is 4.79 Å². The van der Waals surface area contributed by atoms with Crippen molar-refractivity contribution in [3.8, 4) is 5.75 Å². The summed E-state index contributed by atoms with van der Waals surface area (Å²) in [6.07, 6.45) is 0. The van der Waals surface area contributed by atoms with E-state index < -0.39 is 6.04 Å². The maximum atomic E-state index is 13.1. The Bertz CT molecular complexity index is 913. The van der Waals surface area contributed by atoms with Crippen molar-refractivity contribution in [3.63, 3.8) is 0 Å². The van der Waals surface area contributed by atoms with Crippen molar-refractivity contribution >= 4 is 23.2 Å². The normalized spacial score (nSPS) is 12.8. The van der Waals surface area contributed by atoms with E-state index in [0.29, 0.717) is 16.5 Å². The van der Waals surface area contributed by atoms with Crippen LogP contribution in [0.2, 0.25) is 5.02 Å². The SMILES string of the molecule is COc1cccc(NC(=O)[C@@H]([NH2+][C@@H](C)c2ccc(Cl)cc2)c2ccccc2)c1. The molecule has 0 radical (unpaired) electrons.